The lowest BCUT2D eigenvalue weighted by Gasteiger charge is -2.33. The summed E-state index contributed by atoms with van der Waals surface area (Å²) in [5.41, 5.74) is 6.15. The number of hydrogen-bond donors (Lipinski definition) is 2. The zero-order chi connectivity index (χ0) is 22.7. The van der Waals surface area contributed by atoms with E-state index in [1.54, 1.807) is 18.2 Å². The van der Waals surface area contributed by atoms with Gasteiger partial charge in [0, 0.05) is 19.6 Å². The van der Waals surface area contributed by atoms with Gasteiger partial charge in [0.25, 0.3) is 11.8 Å². The number of amides is 2. The molecule has 1 aliphatic heterocycles. The van der Waals surface area contributed by atoms with Crippen molar-refractivity contribution in [2.24, 2.45) is 11.7 Å². The fourth-order valence-corrected chi connectivity index (χ4v) is 5.59. The third-order valence-corrected chi connectivity index (χ3v) is 7.70. The van der Waals surface area contributed by atoms with Crippen LogP contribution < -0.4 is 16.0 Å². The summed E-state index contributed by atoms with van der Waals surface area (Å²) < 4.78 is 5.56. The minimum absolute atomic E-state index is 0.172. The van der Waals surface area contributed by atoms with Crippen LogP contribution in [0.3, 0.4) is 0 Å². The SMILES string of the molecule is COC(=O)c1ccc(C(=O)NCCC2CCN(c3ncnc4cc(C(N)=O)sc34)CC2)s1. The number of piperidine rings is 1. The average Bonchev–Trinajstić information content (AvgIpc) is 3.46. The van der Waals surface area contributed by atoms with Crippen LogP contribution >= 0.6 is 22.7 Å². The van der Waals surface area contributed by atoms with E-state index in [4.69, 9.17) is 5.73 Å². The molecule has 0 atom stereocenters. The molecule has 3 aromatic rings. The first-order valence-corrected chi connectivity index (χ1v) is 11.8. The van der Waals surface area contributed by atoms with Crippen molar-refractivity contribution in [1.29, 1.82) is 0 Å². The first kappa shape index (κ1) is 22.2. The van der Waals surface area contributed by atoms with Crippen LogP contribution in [-0.2, 0) is 4.74 Å². The van der Waals surface area contributed by atoms with Crippen molar-refractivity contribution in [3.05, 3.63) is 39.2 Å². The maximum absolute atomic E-state index is 12.3. The summed E-state index contributed by atoms with van der Waals surface area (Å²) in [7, 11) is 1.32. The van der Waals surface area contributed by atoms with Crippen molar-refractivity contribution in [3.8, 4) is 0 Å². The first-order valence-electron chi connectivity index (χ1n) is 10.2. The second-order valence-corrected chi connectivity index (χ2v) is 9.65. The summed E-state index contributed by atoms with van der Waals surface area (Å²) in [5, 5.41) is 2.94. The number of esters is 1. The van der Waals surface area contributed by atoms with Gasteiger partial charge in [-0.3, -0.25) is 9.59 Å². The van der Waals surface area contributed by atoms with Gasteiger partial charge in [-0.1, -0.05) is 0 Å². The number of carbonyl (C=O) groups is 3. The number of thiophene rings is 2. The molecule has 4 heterocycles. The van der Waals surface area contributed by atoms with Gasteiger partial charge in [0.2, 0.25) is 0 Å². The Bertz CT molecular complexity index is 1150. The lowest BCUT2D eigenvalue weighted by atomic mass is 9.93. The minimum atomic E-state index is -0.455. The van der Waals surface area contributed by atoms with Gasteiger partial charge >= 0.3 is 5.97 Å². The Hall–Kier alpha value is -3.05. The van der Waals surface area contributed by atoms with E-state index in [0.29, 0.717) is 27.1 Å². The molecule has 168 valence electrons. The second kappa shape index (κ2) is 9.61. The molecule has 0 bridgehead atoms. The van der Waals surface area contributed by atoms with Gasteiger partial charge in [0.1, 0.15) is 17.0 Å². The van der Waals surface area contributed by atoms with Gasteiger partial charge in [-0.05, 0) is 43.4 Å². The molecule has 0 aliphatic carbocycles. The van der Waals surface area contributed by atoms with Crippen molar-refractivity contribution in [1.82, 2.24) is 15.3 Å². The number of methoxy groups -OCH3 is 1. The Balaban J connectivity index is 1.28. The average molecular weight is 474 g/mol. The maximum Gasteiger partial charge on any atom is 0.348 e. The lowest BCUT2D eigenvalue weighted by Crippen LogP contribution is -2.35. The monoisotopic (exact) mass is 473 g/mol. The zero-order valence-corrected chi connectivity index (χ0v) is 19.1. The molecule has 11 heteroatoms. The van der Waals surface area contributed by atoms with E-state index in [-0.39, 0.29) is 5.91 Å². The van der Waals surface area contributed by atoms with Crippen LogP contribution in [0.5, 0.6) is 0 Å². The van der Waals surface area contributed by atoms with E-state index in [1.807, 2.05) is 0 Å². The van der Waals surface area contributed by atoms with E-state index in [2.05, 4.69) is 24.9 Å². The molecule has 2 amide bonds. The predicted molar refractivity (Wildman–Crippen MR) is 123 cm³/mol. The number of primary amides is 1. The number of fused-ring (bicyclic) bond motifs is 1. The molecule has 0 saturated carbocycles. The van der Waals surface area contributed by atoms with Crippen LogP contribution in [0.4, 0.5) is 5.82 Å². The Labute approximate surface area is 192 Å². The molecule has 0 spiro atoms. The number of ether oxygens (including phenoxy) is 1. The van der Waals surface area contributed by atoms with Gasteiger partial charge in [-0.25, -0.2) is 14.8 Å². The Kier molecular flexibility index (Phi) is 6.66. The number of nitrogens with one attached hydrogen (secondary N) is 1. The van der Waals surface area contributed by atoms with Crippen molar-refractivity contribution in [2.75, 3.05) is 31.6 Å². The molecule has 1 saturated heterocycles. The van der Waals surface area contributed by atoms with Crippen LogP contribution in [0.1, 0.15) is 48.3 Å². The summed E-state index contributed by atoms with van der Waals surface area (Å²) in [5.74, 6) is 0.286. The maximum atomic E-state index is 12.3. The van der Waals surface area contributed by atoms with Crippen LogP contribution in [0, 0.1) is 5.92 Å². The van der Waals surface area contributed by atoms with Gasteiger partial charge < -0.3 is 20.7 Å². The van der Waals surface area contributed by atoms with Gasteiger partial charge in [-0.15, -0.1) is 22.7 Å². The summed E-state index contributed by atoms with van der Waals surface area (Å²) in [4.78, 5) is 47.7. The molecule has 32 heavy (non-hydrogen) atoms. The number of anilines is 1. The van der Waals surface area contributed by atoms with Crippen LogP contribution in [-0.4, -0.2) is 54.5 Å². The number of nitrogens with zero attached hydrogens (tertiary/aromatic N) is 3. The normalized spacial score (nSPS) is 14.5. The van der Waals surface area contributed by atoms with E-state index in [0.717, 1.165) is 59.7 Å². The van der Waals surface area contributed by atoms with E-state index < -0.39 is 11.9 Å². The van der Waals surface area contributed by atoms with Gasteiger partial charge in [-0.2, -0.15) is 0 Å². The van der Waals surface area contributed by atoms with Crippen molar-refractivity contribution in [3.63, 3.8) is 0 Å². The minimum Gasteiger partial charge on any atom is -0.465 e. The third-order valence-electron chi connectivity index (χ3n) is 5.50. The number of aromatic nitrogens is 2. The smallest absolute Gasteiger partial charge is 0.348 e. The molecular weight excluding hydrogens is 450 g/mol. The van der Waals surface area contributed by atoms with Crippen LogP contribution in [0.2, 0.25) is 0 Å². The largest absolute Gasteiger partial charge is 0.465 e. The van der Waals surface area contributed by atoms with E-state index in [9.17, 15) is 14.4 Å². The standard InChI is InChI=1S/C21H23N5O4S2/c1-30-21(29)15-3-2-14(31-15)20(28)23-7-4-12-5-8-26(9-6-12)19-17-13(24-11-25-19)10-16(32-17)18(22)27/h2-3,10-12H,4-9H2,1H3,(H2,22,27)(H,23,28). The lowest BCUT2D eigenvalue weighted by molar-refractivity contribution is 0.0606. The highest BCUT2D eigenvalue weighted by Gasteiger charge is 2.23. The zero-order valence-electron chi connectivity index (χ0n) is 17.5. The summed E-state index contributed by atoms with van der Waals surface area (Å²) in [6.07, 6.45) is 4.38. The van der Waals surface area contributed by atoms with Crippen molar-refractivity contribution < 1.29 is 19.1 Å². The Morgan fingerprint density at radius 2 is 1.91 bits per heavy atom. The second-order valence-electron chi connectivity index (χ2n) is 7.52. The fourth-order valence-electron chi connectivity index (χ4n) is 3.77. The van der Waals surface area contributed by atoms with Gasteiger partial charge in [0.05, 0.1) is 27.1 Å². The predicted octanol–water partition coefficient (Wildman–Crippen LogP) is 2.67. The Morgan fingerprint density at radius 3 is 2.62 bits per heavy atom. The fraction of sp³-hybridized carbons (Fsp3) is 0.381. The molecule has 0 radical (unpaired) electrons. The molecule has 3 N–H and O–H groups in total. The van der Waals surface area contributed by atoms with Crippen molar-refractivity contribution >= 4 is 56.5 Å². The number of rotatable bonds is 7. The number of nitrogens with two attached hydrogens (primary N) is 1. The van der Waals surface area contributed by atoms with Gasteiger partial charge in [0.15, 0.2) is 0 Å². The summed E-state index contributed by atoms with van der Waals surface area (Å²) >= 11 is 2.46. The van der Waals surface area contributed by atoms with Crippen molar-refractivity contribution in [2.45, 2.75) is 19.3 Å². The van der Waals surface area contributed by atoms with E-state index >= 15 is 0 Å². The van der Waals surface area contributed by atoms with Crippen LogP contribution in [0.15, 0.2) is 24.5 Å². The molecule has 3 aromatic heterocycles. The summed E-state index contributed by atoms with van der Waals surface area (Å²) in [6.45, 7) is 2.28. The van der Waals surface area contributed by atoms with E-state index in [1.165, 1.54) is 24.8 Å². The molecule has 4 rings (SSSR count). The molecule has 9 nitrogen and oxygen atoms in total. The molecule has 1 fully saturated rings. The number of hydrogen-bond acceptors (Lipinski definition) is 9. The number of carbonyl (C=O) groups excluding carboxylic acids is 3. The highest BCUT2D eigenvalue weighted by molar-refractivity contribution is 7.21. The van der Waals surface area contributed by atoms with Crippen LogP contribution in [0.25, 0.3) is 10.2 Å². The summed E-state index contributed by atoms with van der Waals surface area (Å²) in [6, 6.07) is 4.96. The molecule has 0 unspecified atom stereocenters. The topological polar surface area (TPSA) is 128 Å². The first-order chi connectivity index (χ1) is 15.5. The highest BCUT2D eigenvalue weighted by atomic mass is 32.1. The highest BCUT2D eigenvalue weighted by Crippen LogP contribution is 2.33. The molecule has 1 aliphatic rings. The molecular formula is C21H23N5O4S2. The third kappa shape index (κ3) is 4.73. The Morgan fingerprint density at radius 1 is 1.16 bits per heavy atom. The molecule has 0 aromatic carbocycles. The quantitative estimate of drug-likeness (QED) is 0.505.